The Morgan fingerprint density at radius 2 is 2.33 bits per heavy atom. The molecule has 0 bridgehead atoms. The fraction of sp³-hybridized carbons (Fsp3) is 0.375. The van der Waals surface area contributed by atoms with Crippen molar-refractivity contribution in [2.75, 3.05) is 6.61 Å². The predicted molar refractivity (Wildman–Crippen MR) is 98.2 cm³/mol. The van der Waals surface area contributed by atoms with Gasteiger partial charge in [0.05, 0.1) is 17.7 Å². The van der Waals surface area contributed by atoms with E-state index in [0.29, 0.717) is 17.5 Å². The molecule has 1 N–H and O–H groups in total. The summed E-state index contributed by atoms with van der Waals surface area (Å²) in [4.78, 5) is 13.1. The highest BCUT2D eigenvalue weighted by atomic mass is 35.5. The molecular weight excluding hydrogens is 366 g/mol. The normalized spacial score (nSPS) is 17.8. The topological polar surface area (TPSA) is 59.9 Å². The third kappa shape index (κ3) is 3.13. The van der Waals surface area contributed by atoms with Crippen LogP contribution in [0.1, 0.15) is 17.7 Å². The van der Waals surface area contributed by atoms with Gasteiger partial charge in [0.15, 0.2) is 5.16 Å². The predicted octanol–water partition coefficient (Wildman–Crippen LogP) is 3.91. The smallest absolute Gasteiger partial charge is 0.344 e. The quantitative estimate of drug-likeness (QED) is 0.680. The van der Waals surface area contributed by atoms with E-state index in [1.54, 1.807) is 15.9 Å². The minimum Gasteiger partial charge on any atom is -0.376 e. The van der Waals surface area contributed by atoms with Gasteiger partial charge in [-0.05, 0) is 18.9 Å². The van der Waals surface area contributed by atoms with Gasteiger partial charge in [-0.3, -0.25) is 4.57 Å². The molecule has 24 heavy (non-hydrogen) atoms. The SMILES string of the molecule is O=c1[nH]nc(SCc2sc3ccccc3c2Cl)n1CC1CCCO1. The van der Waals surface area contributed by atoms with Crippen molar-refractivity contribution in [1.29, 1.82) is 0 Å². The molecule has 4 rings (SSSR count). The molecular formula is C16H16ClN3O2S2. The molecule has 1 aromatic carbocycles. The van der Waals surface area contributed by atoms with E-state index >= 15 is 0 Å². The number of aromatic nitrogens is 3. The summed E-state index contributed by atoms with van der Waals surface area (Å²) >= 11 is 9.70. The van der Waals surface area contributed by atoms with Gasteiger partial charge < -0.3 is 4.74 Å². The maximum Gasteiger partial charge on any atom is 0.344 e. The second-order valence-electron chi connectivity index (χ2n) is 5.68. The van der Waals surface area contributed by atoms with E-state index in [2.05, 4.69) is 16.3 Å². The first-order valence-corrected chi connectivity index (χ1v) is 9.96. The van der Waals surface area contributed by atoms with E-state index in [4.69, 9.17) is 16.3 Å². The van der Waals surface area contributed by atoms with Crippen molar-refractivity contribution in [3.8, 4) is 0 Å². The summed E-state index contributed by atoms with van der Waals surface area (Å²) < 4.78 is 8.47. The summed E-state index contributed by atoms with van der Waals surface area (Å²) in [6.07, 6.45) is 2.15. The zero-order chi connectivity index (χ0) is 16.5. The molecule has 0 spiro atoms. The summed E-state index contributed by atoms with van der Waals surface area (Å²) in [6, 6.07) is 8.11. The van der Waals surface area contributed by atoms with Crippen LogP contribution < -0.4 is 5.69 Å². The number of rotatable bonds is 5. The van der Waals surface area contributed by atoms with Crippen LogP contribution in [0.2, 0.25) is 5.02 Å². The first kappa shape index (κ1) is 16.2. The van der Waals surface area contributed by atoms with Gasteiger partial charge in [0.2, 0.25) is 0 Å². The monoisotopic (exact) mass is 381 g/mol. The van der Waals surface area contributed by atoms with Crippen LogP contribution >= 0.6 is 34.7 Å². The van der Waals surface area contributed by atoms with Gasteiger partial charge in [-0.25, -0.2) is 9.89 Å². The van der Waals surface area contributed by atoms with Gasteiger partial charge in [-0.1, -0.05) is 41.6 Å². The number of thioether (sulfide) groups is 1. The Labute approximate surface area is 152 Å². The molecule has 2 aromatic heterocycles. The fourth-order valence-electron chi connectivity index (χ4n) is 2.85. The van der Waals surface area contributed by atoms with Crippen LogP contribution in [0, 0.1) is 0 Å². The van der Waals surface area contributed by atoms with Crippen molar-refractivity contribution in [2.45, 2.75) is 36.4 Å². The second kappa shape index (κ2) is 6.92. The minimum absolute atomic E-state index is 0.104. The second-order valence-corrected chi connectivity index (χ2v) is 8.14. The molecule has 1 aliphatic rings. The fourth-order valence-corrected chi connectivity index (χ4v) is 5.47. The molecule has 8 heteroatoms. The molecule has 1 atom stereocenters. The van der Waals surface area contributed by atoms with Gasteiger partial charge in [-0.15, -0.1) is 16.4 Å². The maximum absolute atomic E-state index is 12.0. The highest BCUT2D eigenvalue weighted by Crippen LogP contribution is 2.38. The lowest BCUT2D eigenvalue weighted by atomic mass is 10.2. The Hall–Kier alpha value is -1.28. The van der Waals surface area contributed by atoms with Crippen molar-refractivity contribution in [2.24, 2.45) is 0 Å². The standard InChI is InChI=1S/C16H16ClN3O2S2/c17-14-11-5-1-2-6-12(11)24-13(14)9-23-16-19-18-15(21)20(16)8-10-4-3-7-22-10/h1-2,5-6,10H,3-4,7-9H2,(H,18,21). The number of benzene rings is 1. The van der Waals surface area contributed by atoms with Crippen molar-refractivity contribution in [1.82, 2.24) is 14.8 Å². The van der Waals surface area contributed by atoms with Crippen molar-refractivity contribution in [3.63, 3.8) is 0 Å². The Morgan fingerprint density at radius 1 is 1.46 bits per heavy atom. The number of hydrogen-bond acceptors (Lipinski definition) is 5. The average Bonchev–Trinajstić information content (AvgIpc) is 3.29. The molecule has 3 aromatic rings. The summed E-state index contributed by atoms with van der Waals surface area (Å²) in [5.41, 5.74) is -0.185. The van der Waals surface area contributed by atoms with Crippen LogP contribution in [0.25, 0.3) is 10.1 Å². The lowest BCUT2D eigenvalue weighted by Gasteiger charge is -2.10. The van der Waals surface area contributed by atoms with E-state index in [1.807, 2.05) is 18.2 Å². The van der Waals surface area contributed by atoms with Gasteiger partial charge >= 0.3 is 5.69 Å². The van der Waals surface area contributed by atoms with Crippen molar-refractivity contribution < 1.29 is 4.74 Å². The Morgan fingerprint density at radius 3 is 3.12 bits per heavy atom. The molecule has 1 fully saturated rings. The molecule has 0 saturated carbocycles. The first-order valence-electron chi connectivity index (χ1n) is 7.78. The Bertz CT molecular complexity index is 912. The van der Waals surface area contributed by atoms with E-state index in [9.17, 15) is 4.79 Å². The largest absolute Gasteiger partial charge is 0.376 e. The highest BCUT2D eigenvalue weighted by molar-refractivity contribution is 7.98. The van der Waals surface area contributed by atoms with Crippen LogP contribution in [0.5, 0.6) is 0 Å². The summed E-state index contributed by atoms with van der Waals surface area (Å²) in [7, 11) is 0. The Kier molecular flexibility index (Phi) is 4.67. The molecule has 5 nitrogen and oxygen atoms in total. The number of fused-ring (bicyclic) bond motifs is 1. The molecule has 1 aliphatic heterocycles. The number of aromatic amines is 1. The van der Waals surface area contributed by atoms with E-state index in [-0.39, 0.29) is 11.8 Å². The molecule has 1 saturated heterocycles. The van der Waals surface area contributed by atoms with Crippen LogP contribution in [0.3, 0.4) is 0 Å². The van der Waals surface area contributed by atoms with Gasteiger partial charge in [0.25, 0.3) is 0 Å². The molecule has 1 unspecified atom stereocenters. The average molecular weight is 382 g/mol. The number of halogens is 1. The molecule has 126 valence electrons. The van der Waals surface area contributed by atoms with Crippen LogP contribution in [-0.2, 0) is 17.0 Å². The molecule has 0 aliphatic carbocycles. The van der Waals surface area contributed by atoms with E-state index in [0.717, 1.165) is 34.7 Å². The maximum atomic E-state index is 12.0. The zero-order valence-electron chi connectivity index (χ0n) is 12.8. The third-order valence-corrected chi connectivity index (χ3v) is 6.97. The number of nitrogens with one attached hydrogen (secondary N) is 1. The van der Waals surface area contributed by atoms with E-state index in [1.165, 1.54) is 16.5 Å². The van der Waals surface area contributed by atoms with Crippen LogP contribution in [-0.4, -0.2) is 27.5 Å². The summed E-state index contributed by atoms with van der Waals surface area (Å²) in [5, 5.41) is 9.26. The number of ether oxygens (including phenoxy) is 1. The van der Waals surface area contributed by atoms with Crippen molar-refractivity contribution >= 4 is 44.8 Å². The van der Waals surface area contributed by atoms with Gasteiger partial charge in [0.1, 0.15) is 0 Å². The van der Waals surface area contributed by atoms with Gasteiger partial charge in [0, 0.05) is 27.3 Å². The third-order valence-electron chi connectivity index (χ3n) is 4.07. The minimum atomic E-state index is -0.185. The zero-order valence-corrected chi connectivity index (χ0v) is 15.2. The summed E-state index contributed by atoms with van der Waals surface area (Å²) in [5.74, 6) is 0.688. The highest BCUT2D eigenvalue weighted by Gasteiger charge is 2.20. The summed E-state index contributed by atoms with van der Waals surface area (Å²) in [6.45, 7) is 1.33. The molecule has 3 heterocycles. The van der Waals surface area contributed by atoms with Gasteiger partial charge in [-0.2, -0.15) is 0 Å². The van der Waals surface area contributed by atoms with Crippen LogP contribution in [0.15, 0.2) is 34.2 Å². The van der Waals surface area contributed by atoms with Crippen LogP contribution in [0.4, 0.5) is 0 Å². The number of thiophene rings is 1. The molecule has 0 amide bonds. The number of nitrogens with zero attached hydrogens (tertiary/aromatic N) is 2. The molecule has 0 radical (unpaired) electrons. The number of hydrogen-bond donors (Lipinski definition) is 1. The first-order chi connectivity index (χ1) is 11.7. The Balaban J connectivity index is 1.53. The van der Waals surface area contributed by atoms with Crippen molar-refractivity contribution in [3.05, 3.63) is 44.6 Å². The number of H-pyrrole nitrogens is 1. The lowest BCUT2D eigenvalue weighted by Crippen LogP contribution is -2.24. The van der Waals surface area contributed by atoms with E-state index < -0.39 is 0 Å². The lowest BCUT2D eigenvalue weighted by molar-refractivity contribution is 0.0941.